The summed E-state index contributed by atoms with van der Waals surface area (Å²) >= 11 is 0. The third-order valence-corrected chi connectivity index (χ3v) is 7.09. The zero-order chi connectivity index (χ0) is 20.6. The van der Waals surface area contributed by atoms with Crippen LogP contribution < -0.4 is 13.9 Å². The van der Waals surface area contributed by atoms with Gasteiger partial charge in [-0.1, -0.05) is 18.2 Å². The van der Waals surface area contributed by atoms with Crippen molar-refractivity contribution in [2.45, 2.75) is 31.4 Å². The number of fused-ring (bicyclic) bond motifs is 1. The molecule has 6 nitrogen and oxygen atoms in total. The van der Waals surface area contributed by atoms with Gasteiger partial charge in [-0.3, -0.25) is 13.4 Å². The summed E-state index contributed by atoms with van der Waals surface area (Å²) in [6, 6.07) is 10.8. The second-order valence-corrected chi connectivity index (χ2v) is 9.06. The predicted octanol–water partition coefficient (Wildman–Crippen LogP) is 4.66. The predicted molar refractivity (Wildman–Crippen MR) is 112 cm³/mol. The first-order valence-corrected chi connectivity index (χ1v) is 11.0. The Kier molecular flexibility index (Phi) is 5.67. The number of para-hydroxylation sites is 3. The average molecular weight is 426 g/mol. The van der Waals surface area contributed by atoms with Crippen LogP contribution in [0.15, 0.2) is 42.5 Å². The fourth-order valence-electron chi connectivity index (χ4n) is 3.53. The van der Waals surface area contributed by atoms with Crippen LogP contribution in [-0.2, 0) is 4.74 Å². The van der Waals surface area contributed by atoms with Gasteiger partial charge in [0, 0.05) is 26.2 Å². The molecule has 1 fully saturated rings. The zero-order valence-electron chi connectivity index (χ0n) is 16.1. The van der Waals surface area contributed by atoms with E-state index in [0.29, 0.717) is 30.4 Å². The Balaban J connectivity index is 1.61. The van der Waals surface area contributed by atoms with Gasteiger partial charge in [0.25, 0.3) is 0 Å². The number of nitrogens with zero attached hydrogens (tertiary/aromatic N) is 2. The Morgan fingerprint density at radius 2 is 1.76 bits per heavy atom. The van der Waals surface area contributed by atoms with E-state index in [1.165, 1.54) is 23.2 Å². The molecule has 3 N–H and O–H groups in total. The second-order valence-electron chi connectivity index (χ2n) is 7.27. The van der Waals surface area contributed by atoms with Gasteiger partial charge in [-0.2, -0.15) is 0 Å². The van der Waals surface area contributed by atoms with Crippen LogP contribution >= 0.6 is 11.0 Å². The maximum atomic E-state index is 14.5. The van der Waals surface area contributed by atoms with Gasteiger partial charge in [0.2, 0.25) is 0 Å². The van der Waals surface area contributed by atoms with Gasteiger partial charge in [0.15, 0.2) is 11.6 Å². The molecule has 1 atom stereocenters. The first kappa shape index (κ1) is 20.4. The van der Waals surface area contributed by atoms with Crippen molar-refractivity contribution in [1.29, 1.82) is 0 Å². The standard InChI is InChI=1S/C20H25F2N3O3S/c1-28-15(13-23-14-9-10-14)11-12-24-18-7-2-3-8-19(18)25(29(24,26)27)20-16(21)5-4-6-17(20)22/h2-8,14-15,23,26-27H,9-13H2,1H3/t15-/m1/s1. The monoisotopic (exact) mass is 425 g/mol. The lowest BCUT2D eigenvalue weighted by molar-refractivity contribution is 0.0963. The summed E-state index contributed by atoms with van der Waals surface area (Å²) in [6.45, 7) is 0.929. The first-order chi connectivity index (χ1) is 13.9. The van der Waals surface area contributed by atoms with Crippen molar-refractivity contribution < 1.29 is 22.6 Å². The van der Waals surface area contributed by atoms with E-state index in [-0.39, 0.29) is 12.6 Å². The number of anilines is 3. The summed E-state index contributed by atoms with van der Waals surface area (Å²) in [5, 5.41) is 3.40. The van der Waals surface area contributed by atoms with Crippen LogP contribution in [0.4, 0.5) is 25.8 Å². The maximum Gasteiger partial charge on any atom is 0.151 e. The molecule has 1 saturated carbocycles. The normalized spacial score (nSPS) is 19.9. The van der Waals surface area contributed by atoms with Crippen molar-refractivity contribution in [2.24, 2.45) is 0 Å². The average Bonchev–Trinajstić information content (AvgIpc) is 3.49. The van der Waals surface area contributed by atoms with Crippen LogP contribution in [0.5, 0.6) is 0 Å². The van der Waals surface area contributed by atoms with Gasteiger partial charge >= 0.3 is 0 Å². The van der Waals surface area contributed by atoms with Gasteiger partial charge in [-0.25, -0.2) is 13.1 Å². The van der Waals surface area contributed by atoms with E-state index in [1.54, 1.807) is 31.4 Å². The summed E-state index contributed by atoms with van der Waals surface area (Å²) in [6.07, 6.45) is 2.74. The van der Waals surface area contributed by atoms with Crippen molar-refractivity contribution in [3.8, 4) is 0 Å². The van der Waals surface area contributed by atoms with Gasteiger partial charge in [-0.15, -0.1) is 0 Å². The molecule has 0 amide bonds. The van der Waals surface area contributed by atoms with E-state index in [1.807, 2.05) is 0 Å². The van der Waals surface area contributed by atoms with Crippen LogP contribution in [0.25, 0.3) is 0 Å². The van der Waals surface area contributed by atoms with Crippen molar-refractivity contribution in [3.63, 3.8) is 0 Å². The van der Waals surface area contributed by atoms with Crippen LogP contribution in [0.2, 0.25) is 0 Å². The molecule has 2 aromatic rings. The fraction of sp³-hybridized carbons (Fsp3) is 0.400. The smallest absolute Gasteiger partial charge is 0.151 e. The summed E-state index contributed by atoms with van der Waals surface area (Å²) in [5.41, 5.74) is 0.392. The molecular weight excluding hydrogens is 400 g/mol. The third-order valence-electron chi connectivity index (χ3n) is 5.25. The molecule has 4 rings (SSSR count). The highest BCUT2D eigenvalue weighted by Gasteiger charge is 2.43. The second kappa shape index (κ2) is 8.08. The Morgan fingerprint density at radius 3 is 2.38 bits per heavy atom. The molecule has 9 heteroatoms. The fourth-order valence-corrected chi connectivity index (χ4v) is 5.33. The lowest BCUT2D eigenvalue weighted by Gasteiger charge is -2.44. The number of methoxy groups -OCH3 is 1. The third kappa shape index (κ3) is 3.93. The van der Waals surface area contributed by atoms with E-state index in [0.717, 1.165) is 16.4 Å². The quantitative estimate of drug-likeness (QED) is 0.572. The Bertz CT molecular complexity index is 862. The van der Waals surface area contributed by atoms with Crippen LogP contribution in [0.1, 0.15) is 19.3 Å². The zero-order valence-corrected chi connectivity index (χ0v) is 16.9. The lowest BCUT2D eigenvalue weighted by atomic mass is 10.2. The molecule has 0 saturated heterocycles. The van der Waals surface area contributed by atoms with E-state index in [4.69, 9.17) is 4.74 Å². The molecule has 0 spiro atoms. The first-order valence-electron chi connectivity index (χ1n) is 9.59. The number of halogens is 2. The Labute approximate surface area is 170 Å². The molecular formula is C20H25F2N3O3S. The molecule has 1 aliphatic carbocycles. The minimum absolute atomic E-state index is 0.114. The minimum Gasteiger partial charge on any atom is -0.380 e. The summed E-state index contributed by atoms with van der Waals surface area (Å²) in [7, 11) is -2.08. The highest BCUT2D eigenvalue weighted by atomic mass is 32.3. The minimum atomic E-state index is -3.70. The van der Waals surface area contributed by atoms with Crippen LogP contribution in [-0.4, -0.2) is 41.5 Å². The number of nitrogens with one attached hydrogen (secondary N) is 1. The topological polar surface area (TPSA) is 68.2 Å². The number of hydrogen-bond donors (Lipinski definition) is 3. The van der Waals surface area contributed by atoms with Gasteiger partial charge in [0.05, 0.1) is 17.5 Å². The molecule has 2 aromatic carbocycles. The maximum absolute atomic E-state index is 14.5. The van der Waals surface area contributed by atoms with Crippen molar-refractivity contribution >= 4 is 28.0 Å². The van der Waals surface area contributed by atoms with E-state index in [9.17, 15) is 17.9 Å². The number of benzene rings is 2. The summed E-state index contributed by atoms with van der Waals surface area (Å²) in [5.74, 6) is -1.71. The van der Waals surface area contributed by atoms with E-state index < -0.39 is 28.3 Å². The number of hydrogen-bond acceptors (Lipinski definition) is 6. The van der Waals surface area contributed by atoms with Crippen LogP contribution in [0.3, 0.4) is 0 Å². The Morgan fingerprint density at radius 1 is 1.10 bits per heavy atom. The largest absolute Gasteiger partial charge is 0.380 e. The molecule has 29 heavy (non-hydrogen) atoms. The Hall–Kier alpha value is -1.91. The number of rotatable bonds is 8. The molecule has 0 bridgehead atoms. The molecule has 1 aliphatic heterocycles. The van der Waals surface area contributed by atoms with Gasteiger partial charge in [0.1, 0.15) is 5.69 Å². The molecule has 158 valence electrons. The molecule has 0 unspecified atom stereocenters. The van der Waals surface area contributed by atoms with Gasteiger partial charge < -0.3 is 10.1 Å². The highest BCUT2D eigenvalue weighted by molar-refractivity contribution is 8.27. The molecule has 1 heterocycles. The van der Waals surface area contributed by atoms with E-state index in [2.05, 4.69) is 5.32 Å². The molecule has 0 aromatic heterocycles. The SMILES string of the molecule is CO[C@H](CCN1c2ccccc2N(c2c(F)cccc2F)S1(O)O)CNC1CC1. The van der Waals surface area contributed by atoms with Gasteiger partial charge in [-0.05, 0) is 54.5 Å². The molecule has 0 radical (unpaired) electrons. The summed E-state index contributed by atoms with van der Waals surface area (Å²) in [4.78, 5) is 0. The summed E-state index contributed by atoms with van der Waals surface area (Å²) < 4.78 is 59.0. The van der Waals surface area contributed by atoms with Crippen molar-refractivity contribution in [2.75, 3.05) is 28.8 Å². The van der Waals surface area contributed by atoms with Crippen molar-refractivity contribution in [1.82, 2.24) is 5.32 Å². The lowest BCUT2D eigenvalue weighted by Crippen LogP contribution is -2.36. The number of ether oxygens (including phenoxy) is 1. The highest BCUT2D eigenvalue weighted by Crippen LogP contribution is 2.64. The molecule has 2 aliphatic rings. The van der Waals surface area contributed by atoms with E-state index >= 15 is 0 Å². The van der Waals surface area contributed by atoms with Crippen molar-refractivity contribution in [3.05, 3.63) is 54.1 Å². The van der Waals surface area contributed by atoms with Crippen LogP contribution in [0, 0.1) is 11.6 Å².